The van der Waals surface area contributed by atoms with E-state index in [1.807, 2.05) is 0 Å². The Hall–Kier alpha value is -0.0800. The van der Waals surface area contributed by atoms with E-state index in [1.54, 1.807) is 0 Å². The van der Waals surface area contributed by atoms with E-state index >= 15 is 0 Å². The summed E-state index contributed by atoms with van der Waals surface area (Å²) in [5, 5.41) is 3.74. The summed E-state index contributed by atoms with van der Waals surface area (Å²) in [5.74, 6) is 0.812. The van der Waals surface area contributed by atoms with Crippen molar-refractivity contribution in [2.45, 2.75) is 79.3 Å². The van der Waals surface area contributed by atoms with Crippen molar-refractivity contribution in [2.24, 2.45) is 11.3 Å². The Bertz CT molecular complexity index is 250. The number of hydrogen-bond acceptors (Lipinski definition) is 2. The van der Waals surface area contributed by atoms with Gasteiger partial charge in [-0.1, -0.05) is 48.0 Å². The molecule has 1 aliphatic rings. The largest absolute Gasteiger partial charge is 0.313 e. The lowest BCUT2D eigenvalue weighted by atomic mass is 9.72. The molecule has 0 aromatic carbocycles. The molecule has 0 aromatic heterocycles. The van der Waals surface area contributed by atoms with Gasteiger partial charge in [-0.25, -0.2) is 0 Å². The fourth-order valence-corrected chi connectivity index (χ4v) is 3.46. The maximum absolute atomic E-state index is 3.74. The van der Waals surface area contributed by atoms with Crippen LogP contribution in [-0.2, 0) is 0 Å². The van der Waals surface area contributed by atoms with Crippen LogP contribution in [0.1, 0.15) is 67.2 Å². The molecule has 0 spiro atoms. The smallest absolute Gasteiger partial charge is 0.0254 e. The van der Waals surface area contributed by atoms with Gasteiger partial charge in [0, 0.05) is 18.6 Å². The Balaban J connectivity index is 2.74. The summed E-state index contributed by atoms with van der Waals surface area (Å²) in [4.78, 5) is 2.74. The van der Waals surface area contributed by atoms with E-state index in [4.69, 9.17) is 0 Å². The van der Waals surface area contributed by atoms with E-state index in [0.29, 0.717) is 11.5 Å². The number of hydrogen-bond donors (Lipinski definition) is 1. The number of nitrogens with one attached hydrogen (secondary N) is 1. The van der Waals surface area contributed by atoms with Crippen molar-refractivity contribution in [1.82, 2.24) is 10.2 Å². The van der Waals surface area contributed by atoms with Gasteiger partial charge in [-0.15, -0.1) is 0 Å². The lowest BCUT2D eigenvalue weighted by molar-refractivity contribution is 0.0593. The standard InChI is InChI=1S/C17H36N2/c1-7-14(4)13-19(9-3)16-12-17(5,6)11-10-15(16)18-8-2/h14-16,18H,7-13H2,1-6H3. The van der Waals surface area contributed by atoms with E-state index in [1.165, 1.54) is 38.8 Å². The van der Waals surface area contributed by atoms with Crippen LogP contribution in [0.25, 0.3) is 0 Å². The normalized spacial score (nSPS) is 28.6. The minimum absolute atomic E-state index is 0.513. The predicted octanol–water partition coefficient (Wildman–Crippen LogP) is 3.91. The van der Waals surface area contributed by atoms with Crippen molar-refractivity contribution < 1.29 is 0 Å². The van der Waals surface area contributed by atoms with Gasteiger partial charge >= 0.3 is 0 Å². The molecule has 3 atom stereocenters. The SMILES string of the molecule is CCNC1CCC(C)(C)CC1N(CC)CC(C)CC. The Morgan fingerprint density at radius 1 is 1.26 bits per heavy atom. The van der Waals surface area contributed by atoms with Gasteiger partial charge in [0.15, 0.2) is 0 Å². The fourth-order valence-electron chi connectivity index (χ4n) is 3.46. The minimum atomic E-state index is 0.513. The molecule has 2 nitrogen and oxygen atoms in total. The highest BCUT2D eigenvalue weighted by Gasteiger charge is 2.37. The lowest BCUT2D eigenvalue weighted by Gasteiger charge is -2.46. The van der Waals surface area contributed by atoms with E-state index < -0.39 is 0 Å². The Morgan fingerprint density at radius 3 is 2.47 bits per heavy atom. The maximum atomic E-state index is 3.74. The molecular formula is C17H36N2. The molecule has 1 saturated carbocycles. The molecule has 1 N–H and O–H groups in total. The van der Waals surface area contributed by atoms with E-state index in [2.05, 4.69) is 51.8 Å². The van der Waals surface area contributed by atoms with Crippen LogP contribution < -0.4 is 5.32 Å². The zero-order chi connectivity index (χ0) is 14.5. The van der Waals surface area contributed by atoms with Gasteiger partial charge in [-0.3, -0.25) is 4.90 Å². The Morgan fingerprint density at radius 2 is 1.95 bits per heavy atom. The van der Waals surface area contributed by atoms with Crippen LogP contribution in [0.4, 0.5) is 0 Å². The fraction of sp³-hybridized carbons (Fsp3) is 1.00. The molecule has 1 fully saturated rings. The van der Waals surface area contributed by atoms with E-state index in [9.17, 15) is 0 Å². The van der Waals surface area contributed by atoms with Crippen LogP contribution in [0.3, 0.4) is 0 Å². The number of likely N-dealkylation sites (N-methyl/N-ethyl adjacent to an activating group) is 2. The first kappa shape index (κ1) is 17.0. The van der Waals surface area contributed by atoms with Gasteiger partial charge in [-0.05, 0) is 43.7 Å². The van der Waals surface area contributed by atoms with Crippen LogP contribution in [0.5, 0.6) is 0 Å². The molecule has 1 rings (SSSR count). The molecular weight excluding hydrogens is 232 g/mol. The molecule has 0 amide bonds. The Labute approximate surface area is 121 Å². The van der Waals surface area contributed by atoms with Gasteiger partial charge in [0.2, 0.25) is 0 Å². The van der Waals surface area contributed by atoms with Gasteiger partial charge in [0.05, 0.1) is 0 Å². The molecule has 3 unspecified atom stereocenters. The van der Waals surface area contributed by atoms with Gasteiger partial charge in [0.1, 0.15) is 0 Å². The molecule has 0 radical (unpaired) electrons. The lowest BCUT2D eigenvalue weighted by Crippen LogP contribution is -2.55. The molecule has 2 heteroatoms. The first-order valence-corrected chi connectivity index (χ1v) is 8.40. The second-order valence-corrected chi connectivity index (χ2v) is 7.24. The average Bonchev–Trinajstić information content (AvgIpc) is 2.37. The molecule has 19 heavy (non-hydrogen) atoms. The highest BCUT2D eigenvalue weighted by molar-refractivity contribution is 4.94. The number of rotatable bonds is 7. The second kappa shape index (κ2) is 7.64. The quantitative estimate of drug-likeness (QED) is 0.753. The third-order valence-electron chi connectivity index (χ3n) is 4.94. The summed E-state index contributed by atoms with van der Waals surface area (Å²) >= 11 is 0. The van der Waals surface area contributed by atoms with Crippen molar-refractivity contribution in [2.75, 3.05) is 19.6 Å². The van der Waals surface area contributed by atoms with Crippen LogP contribution >= 0.6 is 0 Å². The Kier molecular flexibility index (Phi) is 6.82. The second-order valence-electron chi connectivity index (χ2n) is 7.24. The van der Waals surface area contributed by atoms with Gasteiger partial charge in [-0.2, -0.15) is 0 Å². The first-order valence-electron chi connectivity index (χ1n) is 8.40. The van der Waals surface area contributed by atoms with Crippen molar-refractivity contribution in [3.8, 4) is 0 Å². The molecule has 114 valence electrons. The zero-order valence-electron chi connectivity index (χ0n) is 14.1. The van der Waals surface area contributed by atoms with Crippen LogP contribution in [0.15, 0.2) is 0 Å². The van der Waals surface area contributed by atoms with Crippen molar-refractivity contribution in [3.63, 3.8) is 0 Å². The van der Waals surface area contributed by atoms with Crippen molar-refractivity contribution in [1.29, 1.82) is 0 Å². The van der Waals surface area contributed by atoms with Crippen LogP contribution in [0, 0.1) is 11.3 Å². The maximum Gasteiger partial charge on any atom is 0.0254 e. The third-order valence-corrected chi connectivity index (χ3v) is 4.94. The zero-order valence-corrected chi connectivity index (χ0v) is 14.1. The van der Waals surface area contributed by atoms with Crippen molar-refractivity contribution in [3.05, 3.63) is 0 Å². The molecule has 1 aliphatic carbocycles. The predicted molar refractivity (Wildman–Crippen MR) is 85.6 cm³/mol. The summed E-state index contributed by atoms with van der Waals surface area (Å²) < 4.78 is 0. The molecule has 0 aromatic rings. The molecule has 0 bridgehead atoms. The minimum Gasteiger partial charge on any atom is -0.313 e. The summed E-state index contributed by atoms with van der Waals surface area (Å²) in [6.45, 7) is 17.7. The summed E-state index contributed by atoms with van der Waals surface area (Å²) in [6, 6.07) is 1.42. The molecule has 0 heterocycles. The third kappa shape index (κ3) is 5.07. The summed E-state index contributed by atoms with van der Waals surface area (Å²) in [6.07, 6.45) is 5.33. The van der Waals surface area contributed by atoms with Crippen molar-refractivity contribution >= 4 is 0 Å². The van der Waals surface area contributed by atoms with Crippen LogP contribution in [0.2, 0.25) is 0 Å². The number of nitrogens with zero attached hydrogens (tertiary/aromatic N) is 1. The molecule has 0 aliphatic heterocycles. The first-order chi connectivity index (χ1) is 8.93. The molecule has 0 saturated heterocycles. The van der Waals surface area contributed by atoms with Gasteiger partial charge in [0.25, 0.3) is 0 Å². The monoisotopic (exact) mass is 268 g/mol. The van der Waals surface area contributed by atoms with E-state index in [-0.39, 0.29) is 0 Å². The summed E-state index contributed by atoms with van der Waals surface area (Å²) in [7, 11) is 0. The van der Waals surface area contributed by atoms with E-state index in [0.717, 1.165) is 18.5 Å². The highest BCUT2D eigenvalue weighted by Crippen LogP contribution is 2.37. The average molecular weight is 268 g/mol. The highest BCUT2D eigenvalue weighted by atomic mass is 15.2. The van der Waals surface area contributed by atoms with Crippen LogP contribution in [-0.4, -0.2) is 36.6 Å². The topological polar surface area (TPSA) is 15.3 Å². The summed E-state index contributed by atoms with van der Waals surface area (Å²) in [5.41, 5.74) is 0.513. The van der Waals surface area contributed by atoms with Gasteiger partial charge < -0.3 is 5.32 Å².